The molecule has 0 aromatic heterocycles. The van der Waals surface area contributed by atoms with Crippen molar-refractivity contribution in [2.24, 2.45) is 5.92 Å². The quantitative estimate of drug-likeness (QED) is 0.412. The molecule has 0 N–H and O–H groups in total. The maximum Gasteiger partial charge on any atom is -0.00814 e. The van der Waals surface area contributed by atoms with E-state index in [4.69, 9.17) is 0 Å². The van der Waals surface area contributed by atoms with E-state index in [0.29, 0.717) is 5.92 Å². The molecule has 0 spiro atoms. The first-order chi connectivity index (χ1) is 4.66. The molecule has 0 heterocycles. The van der Waals surface area contributed by atoms with Crippen LogP contribution in [0.3, 0.4) is 0 Å². The van der Waals surface area contributed by atoms with E-state index < -0.39 is 0 Å². The summed E-state index contributed by atoms with van der Waals surface area (Å²) in [7, 11) is 0. The molecule has 0 aromatic rings. The van der Waals surface area contributed by atoms with E-state index in [1.165, 1.54) is 5.57 Å². The molecule has 0 fully saturated rings. The average molecular weight is 136 g/mol. The maximum absolute atomic E-state index is 3.69. The highest BCUT2D eigenvalue weighted by Crippen LogP contribution is 1.98. The highest BCUT2D eigenvalue weighted by Gasteiger charge is 1.83. The Hall–Kier alpha value is -0.780. The van der Waals surface area contributed by atoms with Gasteiger partial charge in [0.05, 0.1) is 0 Å². The lowest BCUT2D eigenvalue weighted by Gasteiger charge is -1.92. The zero-order valence-electron chi connectivity index (χ0n) is 7.09. The molecule has 0 aromatic carbocycles. The topological polar surface area (TPSA) is 0 Å². The summed E-state index contributed by atoms with van der Waals surface area (Å²) in [5.74, 6) is 0.482. The van der Waals surface area contributed by atoms with Crippen LogP contribution in [0.4, 0.5) is 0 Å². The second-order valence-corrected chi connectivity index (χ2v) is 2.72. The van der Waals surface area contributed by atoms with Crippen molar-refractivity contribution in [1.29, 1.82) is 0 Å². The fraction of sp³-hybridized carbons (Fsp3) is 0.400. The van der Waals surface area contributed by atoms with Gasteiger partial charge >= 0.3 is 0 Å². The number of allylic oxidation sites excluding steroid dienone is 5. The van der Waals surface area contributed by atoms with Gasteiger partial charge in [-0.05, 0) is 19.8 Å². The maximum atomic E-state index is 3.69. The second kappa shape index (κ2) is 5.04. The van der Waals surface area contributed by atoms with Crippen LogP contribution in [0.25, 0.3) is 0 Å². The van der Waals surface area contributed by atoms with Crippen LogP contribution in [-0.4, -0.2) is 0 Å². The van der Waals surface area contributed by atoms with Crippen LogP contribution in [0.2, 0.25) is 0 Å². The minimum absolute atomic E-state index is 0.482. The van der Waals surface area contributed by atoms with E-state index in [1.807, 2.05) is 6.08 Å². The van der Waals surface area contributed by atoms with E-state index in [1.54, 1.807) is 0 Å². The van der Waals surface area contributed by atoms with E-state index in [-0.39, 0.29) is 0 Å². The predicted octanol–water partition coefficient (Wildman–Crippen LogP) is 3.33. The Kier molecular flexibility index (Phi) is 4.65. The lowest BCUT2D eigenvalue weighted by atomic mass is 10.1. The van der Waals surface area contributed by atoms with Crippen LogP contribution >= 0.6 is 0 Å². The van der Waals surface area contributed by atoms with Crippen LogP contribution in [0.5, 0.6) is 0 Å². The summed E-state index contributed by atoms with van der Waals surface area (Å²) in [5, 5.41) is 0. The van der Waals surface area contributed by atoms with Gasteiger partial charge in [-0.3, -0.25) is 0 Å². The Balaban J connectivity index is 3.76. The molecule has 0 saturated carbocycles. The van der Waals surface area contributed by atoms with Crippen molar-refractivity contribution in [2.75, 3.05) is 0 Å². The summed E-state index contributed by atoms with van der Waals surface area (Å²) in [5.41, 5.74) is 1.33. The van der Waals surface area contributed by atoms with Gasteiger partial charge in [-0.1, -0.05) is 36.8 Å². The summed E-state index contributed by atoms with van der Waals surface area (Å²) in [6.45, 7) is 9.97. The molecule has 10 heavy (non-hydrogen) atoms. The summed E-state index contributed by atoms with van der Waals surface area (Å²) in [6.07, 6.45) is 8.22. The van der Waals surface area contributed by atoms with Crippen LogP contribution in [0.1, 0.15) is 20.8 Å². The van der Waals surface area contributed by atoms with Crippen LogP contribution < -0.4 is 0 Å². The minimum Gasteiger partial charge on any atom is -0.102 e. The zero-order valence-corrected chi connectivity index (χ0v) is 7.09. The third-order valence-corrected chi connectivity index (χ3v) is 1.22. The van der Waals surface area contributed by atoms with Crippen molar-refractivity contribution in [3.8, 4) is 0 Å². The molecule has 0 aliphatic rings. The Morgan fingerprint density at radius 3 is 2.40 bits per heavy atom. The SMILES string of the molecule is C=C[C@@H](C)/C=C/C=C(C)C. The number of rotatable bonds is 3. The average Bonchev–Trinajstić information content (AvgIpc) is 1.87. The molecule has 0 radical (unpaired) electrons. The predicted molar refractivity (Wildman–Crippen MR) is 47.9 cm³/mol. The third kappa shape index (κ3) is 5.36. The molecule has 0 heteroatoms. The van der Waals surface area contributed by atoms with Gasteiger partial charge in [-0.25, -0.2) is 0 Å². The van der Waals surface area contributed by atoms with E-state index in [0.717, 1.165) is 0 Å². The van der Waals surface area contributed by atoms with Gasteiger partial charge in [0.15, 0.2) is 0 Å². The van der Waals surface area contributed by atoms with E-state index in [9.17, 15) is 0 Å². The van der Waals surface area contributed by atoms with Gasteiger partial charge in [-0.15, -0.1) is 6.58 Å². The molecule has 56 valence electrons. The lowest BCUT2D eigenvalue weighted by molar-refractivity contribution is 0.944. The van der Waals surface area contributed by atoms with Crippen molar-refractivity contribution >= 4 is 0 Å². The summed E-state index contributed by atoms with van der Waals surface area (Å²) >= 11 is 0. The lowest BCUT2D eigenvalue weighted by Crippen LogP contribution is -1.78. The molecule has 0 rings (SSSR count). The van der Waals surface area contributed by atoms with Crippen LogP contribution in [-0.2, 0) is 0 Å². The largest absolute Gasteiger partial charge is 0.102 e. The fourth-order valence-electron chi connectivity index (χ4n) is 0.502. The number of hydrogen-bond donors (Lipinski definition) is 0. The first-order valence-corrected chi connectivity index (χ1v) is 3.61. The standard InChI is InChI=1S/C10H16/c1-5-10(4)8-6-7-9(2)3/h5-8,10H,1H2,2-4H3/b8-6+/t10-/m1/s1. The zero-order chi connectivity index (χ0) is 7.98. The second-order valence-electron chi connectivity index (χ2n) is 2.72. The fourth-order valence-corrected chi connectivity index (χ4v) is 0.502. The molecule has 0 nitrogen and oxygen atoms in total. The first-order valence-electron chi connectivity index (χ1n) is 3.61. The molecule has 1 atom stereocenters. The summed E-state index contributed by atoms with van der Waals surface area (Å²) in [4.78, 5) is 0. The molecule has 0 unspecified atom stereocenters. The monoisotopic (exact) mass is 136 g/mol. The van der Waals surface area contributed by atoms with Crippen LogP contribution in [0.15, 0.2) is 36.5 Å². The molecular weight excluding hydrogens is 120 g/mol. The van der Waals surface area contributed by atoms with Gasteiger partial charge in [0.25, 0.3) is 0 Å². The normalized spacial score (nSPS) is 13.1. The van der Waals surface area contributed by atoms with Crippen LogP contribution in [0, 0.1) is 5.92 Å². The van der Waals surface area contributed by atoms with Crippen molar-refractivity contribution < 1.29 is 0 Å². The molecule has 0 amide bonds. The molecule has 0 saturated heterocycles. The Morgan fingerprint density at radius 2 is 2.00 bits per heavy atom. The molecule has 0 bridgehead atoms. The molecule has 0 aliphatic carbocycles. The Morgan fingerprint density at radius 1 is 1.40 bits per heavy atom. The molecular formula is C10H16. The van der Waals surface area contributed by atoms with Gasteiger partial charge in [-0.2, -0.15) is 0 Å². The van der Waals surface area contributed by atoms with Crippen molar-refractivity contribution in [1.82, 2.24) is 0 Å². The van der Waals surface area contributed by atoms with E-state index in [2.05, 4.69) is 45.6 Å². The number of hydrogen-bond acceptors (Lipinski definition) is 0. The van der Waals surface area contributed by atoms with E-state index >= 15 is 0 Å². The van der Waals surface area contributed by atoms with Crippen molar-refractivity contribution in [2.45, 2.75) is 20.8 Å². The van der Waals surface area contributed by atoms with Crippen molar-refractivity contribution in [3.05, 3.63) is 36.5 Å². The van der Waals surface area contributed by atoms with Gasteiger partial charge in [0, 0.05) is 0 Å². The smallest absolute Gasteiger partial charge is 0.00814 e. The van der Waals surface area contributed by atoms with Gasteiger partial charge in [0.1, 0.15) is 0 Å². The van der Waals surface area contributed by atoms with Gasteiger partial charge < -0.3 is 0 Å². The molecule has 0 aliphatic heterocycles. The summed E-state index contributed by atoms with van der Waals surface area (Å²) < 4.78 is 0. The Labute approximate surface area is 64.0 Å². The summed E-state index contributed by atoms with van der Waals surface area (Å²) in [6, 6.07) is 0. The van der Waals surface area contributed by atoms with Crippen molar-refractivity contribution in [3.63, 3.8) is 0 Å². The minimum atomic E-state index is 0.482. The highest BCUT2D eigenvalue weighted by molar-refractivity contribution is 5.10. The highest BCUT2D eigenvalue weighted by atomic mass is 13.9. The third-order valence-electron chi connectivity index (χ3n) is 1.22. The Bertz CT molecular complexity index is 145. The van der Waals surface area contributed by atoms with Gasteiger partial charge in [0.2, 0.25) is 0 Å². The first kappa shape index (κ1) is 9.22.